The number of amides is 1. The summed E-state index contributed by atoms with van der Waals surface area (Å²) in [5.74, 6) is 0.503. The van der Waals surface area contributed by atoms with E-state index < -0.39 is 6.10 Å². The van der Waals surface area contributed by atoms with Crippen molar-refractivity contribution in [2.45, 2.75) is 23.8 Å². The quantitative estimate of drug-likeness (QED) is 0.445. The molecular weight excluding hydrogens is 337 g/mol. The lowest BCUT2D eigenvalue weighted by molar-refractivity contribution is -0.122. The first-order valence-electron chi connectivity index (χ1n) is 6.92. The van der Waals surface area contributed by atoms with E-state index in [9.17, 15) is 9.18 Å². The number of rotatable bonds is 8. The van der Waals surface area contributed by atoms with Gasteiger partial charge in [-0.25, -0.2) is 4.39 Å². The molecule has 0 aliphatic rings. The first kappa shape index (κ1) is 17.4. The number of anilines is 1. The van der Waals surface area contributed by atoms with Crippen molar-refractivity contribution in [1.82, 2.24) is 10.2 Å². The molecule has 1 heterocycles. The highest BCUT2D eigenvalue weighted by molar-refractivity contribution is 8.01. The van der Waals surface area contributed by atoms with Crippen LogP contribution < -0.4 is 10.1 Å². The van der Waals surface area contributed by atoms with Crippen LogP contribution in [0.2, 0.25) is 0 Å². The van der Waals surface area contributed by atoms with Crippen molar-refractivity contribution < 1.29 is 13.9 Å². The molecule has 122 valence electrons. The van der Waals surface area contributed by atoms with Gasteiger partial charge in [-0.05, 0) is 30.7 Å². The van der Waals surface area contributed by atoms with Gasteiger partial charge in [0.1, 0.15) is 11.6 Å². The summed E-state index contributed by atoms with van der Waals surface area (Å²) in [6.07, 6.45) is 1.56. The smallest absolute Gasteiger partial charge is 0.267 e. The van der Waals surface area contributed by atoms with Crippen LogP contribution in [0.4, 0.5) is 9.52 Å². The lowest BCUT2D eigenvalue weighted by atomic mass is 10.2. The molecule has 2 rings (SSSR count). The van der Waals surface area contributed by atoms with E-state index in [-0.39, 0.29) is 11.7 Å². The zero-order valence-corrected chi connectivity index (χ0v) is 14.1. The van der Waals surface area contributed by atoms with Gasteiger partial charge in [0.05, 0.1) is 0 Å². The number of ether oxygens (including phenoxy) is 1. The Bertz CT molecular complexity index is 661. The number of carbonyl (C=O) groups is 1. The van der Waals surface area contributed by atoms with Gasteiger partial charge < -0.3 is 4.74 Å². The summed E-state index contributed by atoms with van der Waals surface area (Å²) in [7, 11) is 0. The number of nitrogens with one attached hydrogen (secondary N) is 1. The molecular formula is C15H16FN3O2S2. The summed E-state index contributed by atoms with van der Waals surface area (Å²) >= 11 is 2.79. The second-order valence-electron chi connectivity index (χ2n) is 4.43. The molecule has 2 aromatic rings. The van der Waals surface area contributed by atoms with Crippen LogP contribution in [-0.2, 0) is 4.79 Å². The molecule has 1 aromatic carbocycles. The minimum Gasteiger partial charge on any atom is -0.481 e. The number of carbonyl (C=O) groups excluding carboxylic acids is 1. The lowest BCUT2D eigenvalue weighted by Gasteiger charge is -2.16. The van der Waals surface area contributed by atoms with Crippen molar-refractivity contribution in [3.05, 3.63) is 42.7 Å². The van der Waals surface area contributed by atoms with Crippen LogP contribution in [0.25, 0.3) is 0 Å². The van der Waals surface area contributed by atoms with E-state index in [0.717, 1.165) is 10.1 Å². The first-order valence-corrected chi connectivity index (χ1v) is 8.73. The Balaban J connectivity index is 1.95. The van der Waals surface area contributed by atoms with Gasteiger partial charge in [0.2, 0.25) is 5.13 Å². The molecule has 5 nitrogen and oxygen atoms in total. The van der Waals surface area contributed by atoms with Crippen molar-refractivity contribution in [2.75, 3.05) is 11.1 Å². The van der Waals surface area contributed by atoms with Gasteiger partial charge >= 0.3 is 0 Å². The third-order valence-electron chi connectivity index (χ3n) is 2.72. The number of aromatic nitrogens is 2. The maximum atomic E-state index is 12.9. The average molecular weight is 353 g/mol. The number of benzene rings is 1. The van der Waals surface area contributed by atoms with Crippen LogP contribution in [0.5, 0.6) is 5.75 Å². The minimum absolute atomic E-state index is 0.312. The van der Waals surface area contributed by atoms with Crippen LogP contribution in [0.1, 0.15) is 13.3 Å². The summed E-state index contributed by atoms with van der Waals surface area (Å²) in [5.41, 5.74) is 0. The summed E-state index contributed by atoms with van der Waals surface area (Å²) in [6, 6.07) is 5.54. The molecule has 1 amide bonds. The van der Waals surface area contributed by atoms with Gasteiger partial charge in [0, 0.05) is 5.75 Å². The molecule has 8 heteroatoms. The third-order valence-corrected chi connectivity index (χ3v) is 4.68. The largest absolute Gasteiger partial charge is 0.481 e. The minimum atomic E-state index is -0.686. The van der Waals surface area contributed by atoms with E-state index in [1.54, 1.807) is 6.08 Å². The summed E-state index contributed by atoms with van der Waals surface area (Å²) in [6.45, 7) is 5.47. The fourth-order valence-corrected chi connectivity index (χ4v) is 3.15. The monoisotopic (exact) mass is 353 g/mol. The summed E-state index contributed by atoms with van der Waals surface area (Å²) < 4.78 is 19.2. The highest BCUT2D eigenvalue weighted by Gasteiger charge is 2.20. The molecule has 1 N–H and O–H groups in total. The Morgan fingerprint density at radius 3 is 2.87 bits per heavy atom. The standard InChI is InChI=1S/C15H16FN3O2S2/c1-3-9-22-15-19-18-14(23-15)17-13(20)12(4-2)21-11-7-5-10(16)6-8-11/h3,5-8,12H,1,4,9H2,2H3,(H,17,18,20). The van der Waals surface area contributed by atoms with Gasteiger partial charge in [0.25, 0.3) is 5.91 Å². The highest BCUT2D eigenvalue weighted by Crippen LogP contribution is 2.25. The number of hydrogen-bond acceptors (Lipinski definition) is 6. The van der Waals surface area contributed by atoms with Gasteiger partial charge in [-0.15, -0.1) is 16.8 Å². The second kappa shape index (κ2) is 8.64. The molecule has 0 fully saturated rings. The molecule has 0 bridgehead atoms. The number of nitrogens with zero attached hydrogens (tertiary/aromatic N) is 2. The SMILES string of the molecule is C=CCSc1nnc(NC(=O)C(CC)Oc2ccc(F)cc2)s1. The fraction of sp³-hybridized carbons (Fsp3) is 0.267. The van der Waals surface area contributed by atoms with Crippen molar-refractivity contribution >= 4 is 34.1 Å². The van der Waals surface area contributed by atoms with E-state index in [1.807, 2.05) is 6.92 Å². The molecule has 0 radical (unpaired) electrons. The van der Waals surface area contributed by atoms with Crippen molar-refractivity contribution in [1.29, 1.82) is 0 Å². The Labute approximate surface area is 142 Å². The van der Waals surface area contributed by atoms with Crippen LogP contribution in [-0.4, -0.2) is 28.0 Å². The molecule has 0 spiro atoms. The zero-order chi connectivity index (χ0) is 16.7. The lowest BCUT2D eigenvalue weighted by Crippen LogP contribution is -2.32. The van der Waals surface area contributed by atoms with E-state index >= 15 is 0 Å². The van der Waals surface area contributed by atoms with E-state index in [4.69, 9.17) is 4.74 Å². The van der Waals surface area contributed by atoms with Gasteiger partial charge in [-0.3, -0.25) is 10.1 Å². The van der Waals surface area contributed by atoms with E-state index in [1.165, 1.54) is 47.4 Å². The molecule has 0 aliphatic carbocycles. The van der Waals surface area contributed by atoms with E-state index in [2.05, 4.69) is 22.1 Å². The normalized spacial score (nSPS) is 11.7. The van der Waals surface area contributed by atoms with E-state index in [0.29, 0.717) is 17.3 Å². The topological polar surface area (TPSA) is 64.1 Å². The fourth-order valence-electron chi connectivity index (χ4n) is 1.63. The molecule has 0 saturated heterocycles. The predicted molar refractivity (Wildman–Crippen MR) is 90.6 cm³/mol. The van der Waals surface area contributed by atoms with Crippen molar-refractivity contribution in [3.63, 3.8) is 0 Å². The van der Waals surface area contributed by atoms with Crippen molar-refractivity contribution in [3.8, 4) is 5.75 Å². The third kappa shape index (κ3) is 5.33. The Morgan fingerprint density at radius 1 is 1.48 bits per heavy atom. The van der Waals surface area contributed by atoms with Gasteiger partial charge in [-0.1, -0.05) is 36.1 Å². The van der Waals surface area contributed by atoms with Crippen LogP contribution >= 0.6 is 23.1 Å². The van der Waals surface area contributed by atoms with Crippen LogP contribution in [0.15, 0.2) is 41.3 Å². The molecule has 0 saturated carbocycles. The Kier molecular flexibility index (Phi) is 6.54. The summed E-state index contributed by atoms with van der Waals surface area (Å²) in [4.78, 5) is 12.2. The maximum absolute atomic E-state index is 12.9. The van der Waals surface area contributed by atoms with Gasteiger partial charge in [-0.2, -0.15) is 0 Å². The number of hydrogen-bond donors (Lipinski definition) is 1. The molecule has 1 unspecified atom stereocenters. The average Bonchev–Trinajstić information content (AvgIpc) is 2.99. The Morgan fingerprint density at radius 2 is 2.22 bits per heavy atom. The number of halogens is 1. The predicted octanol–water partition coefficient (Wildman–Crippen LogP) is 3.75. The maximum Gasteiger partial charge on any atom is 0.267 e. The zero-order valence-electron chi connectivity index (χ0n) is 12.5. The molecule has 1 atom stereocenters. The Hall–Kier alpha value is -1.93. The number of thioether (sulfide) groups is 1. The highest BCUT2D eigenvalue weighted by atomic mass is 32.2. The van der Waals surface area contributed by atoms with Crippen molar-refractivity contribution in [2.24, 2.45) is 0 Å². The first-order chi connectivity index (χ1) is 11.1. The second-order valence-corrected chi connectivity index (χ2v) is 6.68. The van der Waals surface area contributed by atoms with Crippen LogP contribution in [0.3, 0.4) is 0 Å². The molecule has 23 heavy (non-hydrogen) atoms. The van der Waals surface area contributed by atoms with Crippen LogP contribution in [0, 0.1) is 5.82 Å². The molecule has 1 aromatic heterocycles. The summed E-state index contributed by atoms with van der Waals surface area (Å²) in [5, 5.41) is 11.0. The van der Waals surface area contributed by atoms with Gasteiger partial charge in [0.15, 0.2) is 10.4 Å². The molecule has 0 aliphatic heterocycles.